The highest BCUT2D eigenvalue weighted by molar-refractivity contribution is 5.84. The van der Waals surface area contributed by atoms with Crippen molar-refractivity contribution in [3.63, 3.8) is 0 Å². The number of hydrogen-bond donors (Lipinski definition) is 1. The van der Waals surface area contributed by atoms with Gasteiger partial charge in [0.05, 0.1) is 5.92 Å². The quantitative estimate of drug-likeness (QED) is 0.758. The normalized spacial score (nSPS) is 33.6. The van der Waals surface area contributed by atoms with Gasteiger partial charge < -0.3 is 10.0 Å². The van der Waals surface area contributed by atoms with Crippen LogP contribution in [0.4, 0.5) is 0 Å². The molecule has 2 aliphatic rings. The average molecular weight is 207 g/mol. The van der Waals surface area contributed by atoms with E-state index >= 15 is 0 Å². The van der Waals surface area contributed by atoms with Crippen molar-refractivity contribution >= 4 is 5.91 Å². The highest BCUT2D eigenvalue weighted by Gasteiger charge is 2.44. The lowest BCUT2D eigenvalue weighted by Crippen LogP contribution is -2.35. The molecule has 0 bridgehead atoms. The Hall–Kier alpha value is -1.09. The summed E-state index contributed by atoms with van der Waals surface area (Å²) in [7, 11) is 0. The van der Waals surface area contributed by atoms with Crippen LogP contribution in [0.5, 0.6) is 0 Å². The zero-order valence-electron chi connectivity index (χ0n) is 8.97. The van der Waals surface area contributed by atoms with E-state index in [4.69, 9.17) is 0 Å². The van der Waals surface area contributed by atoms with Crippen molar-refractivity contribution in [2.45, 2.75) is 26.0 Å². The molecule has 3 heteroatoms. The molecule has 1 saturated heterocycles. The van der Waals surface area contributed by atoms with Gasteiger partial charge in [0, 0.05) is 12.5 Å². The van der Waals surface area contributed by atoms with Crippen molar-refractivity contribution in [1.82, 2.24) is 4.90 Å². The van der Waals surface area contributed by atoms with Crippen LogP contribution in [-0.2, 0) is 4.79 Å². The molecule has 1 N–H and O–H groups in total. The molecule has 0 aromatic rings. The maximum Gasteiger partial charge on any atom is 0.232 e. The van der Waals surface area contributed by atoms with E-state index in [2.05, 4.69) is 6.92 Å². The van der Waals surface area contributed by atoms with E-state index in [1.165, 1.54) is 0 Å². The molecule has 0 aromatic carbocycles. The van der Waals surface area contributed by atoms with Crippen LogP contribution in [0.2, 0.25) is 0 Å². The molecule has 0 aromatic heterocycles. The van der Waals surface area contributed by atoms with Crippen molar-refractivity contribution < 1.29 is 9.90 Å². The van der Waals surface area contributed by atoms with Crippen molar-refractivity contribution in [2.75, 3.05) is 6.54 Å². The third-order valence-corrected chi connectivity index (χ3v) is 3.16. The van der Waals surface area contributed by atoms with E-state index < -0.39 is 6.23 Å². The maximum atomic E-state index is 11.9. The van der Waals surface area contributed by atoms with Gasteiger partial charge in [-0.05, 0) is 6.42 Å². The summed E-state index contributed by atoms with van der Waals surface area (Å²) in [5, 5.41) is 10.0. The first-order valence-electron chi connectivity index (χ1n) is 5.59. The number of fused-ring (bicyclic) bond motifs is 1. The molecule has 15 heavy (non-hydrogen) atoms. The number of amides is 1. The van der Waals surface area contributed by atoms with E-state index in [9.17, 15) is 9.90 Å². The van der Waals surface area contributed by atoms with Gasteiger partial charge in [0.2, 0.25) is 5.91 Å². The summed E-state index contributed by atoms with van der Waals surface area (Å²) in [6, 6.07) is 0. The molecule has 1 heterocycles. The van der Waals surface area contributed by atoms with Gasteiger partial charge in [0.1, 0.15) is 6.23 Å². The summed E-state index contributed by atoms with van der Waals surface area (Å²) in [5.41, 5.74) is 0. The molecule has 1 aliphatic carbocycles. The SMILES string of the molecule is CCCCN1C(=O)C2C=CC=CC2C1O. The fraction of sp³-hybridized carbons (Fsp3) is 0.583. The minimum absolute atomic E-state index is 0.0423. The summed E-state index contributed by atoms with van der Waals surface area (Å²) in [6.07, 6.45) is 8.97. The third kappa shape index (κ3) is 1.72. The molecule has 1 aliphatic heterocycles. The standard InChI is InChI=1S/C12H17NO2/c1-2-3-8-13-11(14)9-6-4-5-7-10(9)12(13)15/h4-7,9-11,14H,2-3,8H2,1H3. The molecular formula is C12H17NO2. The molecule has 0 spiro atoms. The second-order valence-electron chi connectivity index (χ2n) is 4.17. The van der Waals surface area contributed by atoms with Gasteiger partial charge in [-0.25, -0.2) is 0 Å². The zero-order valence-corrected chi connectivity index (χ0v) is 8.97. The summed E-state index contributed by atoms with van der Waals surface area (Å²) in [6.45, 7) is 2.75. The van der Waals surface area contributed by atoms with Crippen LogP contribution in [-0.4, -0.2) is 28.7 Å². The first-order chi connectivity index (χ1) is 7.25. The van der Waals surface area contributed by atoms with Gasteiger partial charge in [-0.2, -0.15) is 0 Å². The van der Waals surface area contributed by atoms with Crippen LogP contribution >= 0.6 is 0 Å². The third-order valence-electron chi connectivity index (χ3n) is 3.16. The largest absolute Gasteiger partial charge is 0.373 e. The monoisotopic (exact) mass is 207 g/mol. The zero-order chi connectivity index (χ0) is 10.8. The van der Waals surface area contributed by atoms with E-state index in [0.717, 1.165) is 12.8 Å². The Kier molecular flexibility index (Phi) is 2.91. The van der Waals surface area contributed by atoms with Crippen LogP contribution in [0.25, 0.3) is 0 Å². The topological polar surface area (TPSA) is 40.5 Å². The number of allylic oxidation sites excluding steroid dienone is 2. The Balaban J connectivity index is 2.11. The van der Waals surface area contributed by atoms with Gasteiger partial charge in [-0.15, -0.1) is 0 Å². The fourth-order valence-electron chi connectivity index (χ4n) is 2.26. The number of unbranched alkanes of at least 4 members (excludes halogenated alkanes) is 1. The fourth-order valence-corrected chi connectivity index (χ4v) is 2.26. The van der Waals surface area contributed by atoms with Crippen LogP contribution < -0.4 is 0 Å². The molecule has 1 amide bonds. The Morgan fingerprint density at radius 3 is 2.80 bits per heavy atom. The lowest BCUT2D eigenvalue weighted by Gasteiger charge is -2.21. The summed E-state index contributed by atoms with van der Waals surface area (Å²) < 4.78 is 0. The minimum Gasteiger partial charge on any atom is -0.373 e. The molecule has 3 nitrogen and oxygen atoms in total. The second kappa shape index (κ2) is 4.19. The van der Waals surface area contributed by atoms with Crippen LogP contribution in [0.15, 0.2) is 24.3 Å². The maximum absolute atomic E-state index is 11.9. The van der Waals surface area contributed by atoms with Gasteiger partial charge in [0.25, 0.3) is 0 Å². The molecule has 0 saturated carbocycles. The summed E-state index contributed by atoms with van der Waals surface area (Å²) in [5.74, 6) is -0.109. The lowest BCUT2D eigenvalue weighted by molar-refractivity contribution is -0.134. The van der Waals surface area contributed by atoms with Crippen LogP contribution in [0, 0.1) is 11.8 Å². The molecular weight excluding hydrogens is 190 g/mol. The Morgan fingerprint density at radius 1 is 1.40 bits per heavy atom. The predicted octanol–water partition coefficient (Wildman–Crippen LogP) is 1.31. The van der Waals surface area contributed by atoms with E-state index in [0.29, 0.717) is 6.54 Å². The number of aliphatic hydroxyl groups excluding tert-OH is 1. The number of carbonyl (C=O) groups is 1. The Labute approximate surface area is 90.1 Å². The van der Waals surface area contributed by atoms with Gasteiger partial charge in [-0.3, -0.25) is 4.79 Å². The van der Waals surface area contributed by atoms with Crippen molar-refractivity contribution in [2.24, 2.45) is 11.8 Å². The highest BCUT2D eigenvalue weighted by Crippen LogP contribution is 2.33. The molecule has 0 radical (unpaired) electrons. The number of aliphatic hydroxyl groups is 1. The number of carbonyl (C=O) groups excluding carboxylic acids is 1. The first kappa shape index (κ1) is 10.4. The van der Waals surface area contributed by atoms with Gasteiger partial charge in [-0.1, -0.05) is 37.6 Å². The molecule has 3 unspecified atom stereocenters. The van der Waals surface area contributed by atoms with Crippen LogP contribution in [0.1, 0.15) is 19.8 Å². The van der Waals surface area contributed by atoms with Crippen molar-refractivity contribution in [1.29, 1.82) is 0 Å². The Morgan fingerprint density at radius 2 is 2.13 bits per heavy atom. The number of nitrogens with zero attached hydrogens (tertiary/aromatic N) is 1. The van der Waals surface area contributed by atoms with Crippen molar-refractivity contribution in [3.05, 3.63) is 24.3 Å². The van der Waals surface area contributed by atoms with Crippen molar-refractivity contribution in [3.8, 4) is 0 Å². The Bertz CT molecular complexity index is 309. The molecule has 2 rings (SSSR count). The molecule has 3 atom stereocenters. The van der Waals surface area contributed by atoms with E-state index in [1.54, 1.807) is 4.90 Å². The molecule has 82 valence electrons. The van der Waals surface area contributed by atoms with E-state index in [-0.39, 0.29) is 17.7 Å². The minimum atomic E-state index is -0.629. The first-order valence-corrected chi connectivity index (χ1v) is 5.59. The molecule has 1 fully saturated rings. The van der Waals surface area contributed by atoms with Crippen LogP contribution in [0.3, 0.4) is 0 Å². The smallest absolute Gasteiger partial charge is 0.232 e. The summed E-state index contributed by atoms with van der Waals surface area (Å²) in [4.78, 5) is 13.5. The number of likely N-dealkylation sites (tertiary alicyclic amines) is 1. The highest BCUT2D eigenvalue weighted by atomic mass is 16.3. The lowest BCUT2D eigenvalue weighted by atomic mass is 9.90. The van der Waals surface area contributed by atoms with E-state index in [1.807, 2.05) is 24.3 Å². The predicted molar refractivity (Wildman–Crippen MR) is 57.9 cm³/mol. The van der Waals surface area contributed by atoms with Gasteiger partial charge in [0.15, 0.2) is 0 Å². The number of hydrogen-bond acceptors (Lipinski definition) is 2. The van der Waals surface area contributed by atoms with Gasteiger partial charge >= 0.3 is 0 Å². The summed E-state index contributed by atoms with van der Waals surface area (Å²) >= 11 is 0. The average Bonchev–Trinajstić information content (AvgIpc) is 2.51. The number of rotatable bonds is 3. The second-order valence-corrected chi connectivity index (χ2v) is 4.17.